The molecule has 3 N–H and O–H groups in total. The first-order chi connectivity index (χ1) is 6.97. The summed E-state index contributed by atoms with van der Waals surface area (Å²) in [6.45, 7) is 2.42. The third-order valence-corrected chi connectivity index (χ3v) is 3.41. The first-order valence-electron chi connectivity index (χ1n) is 4.76. The van der Waals surface area contributed by atoms with Gasteiger partial charge in [-0.3, -0.25) is 4.68 Å². The summed E-state index contributed by atoms with van der Waals surface area (Å²) in [6, 6.07) is 0. The van der Waals surface area contributed by atoms with Gasteiger partial charge in [0.25, 0.3) is 0 Å². The molecule has 0 aliphatic carbocycles. The zero-order valence-corrected chi connectivity index (χ0v) is 9.71. The molecular formula is C8H16N4O2S. The molecule has 0 unspecified atom stereocenters. The molecule has 0 spiro atoms. The molecule has 0 saturated heterocycles. The Labute approximate surface area is 89.5 Å². The molecule has 0 atom stereocenters. The summed E-state index contributed by atoms with van der Waals surface area (Å²) in [5, 5.41) is 3.78. The predicted octanol–water partition coefficient (Wildman–Crippen LogP) is 0.0807. The van der Waals surface area contributed by atoms with Crippen LogP contribution in [0.2, 0.25) is 0 Å². The van der Waals surface area contributed by atoms with Crippen LogP contribution in [0.15, 0.2) is 11.1 Å². The number of aryl methyl sites for hydroxylation is 1. The van der Waals surface area contributed by atoms with Crippen LogP contribution in [0.25, 0.3) is 0 Å². The van der Waals surface area contributed by atoms with E-state index in [9.17, 15) is 8.42 Å². The third kappa shape index (κ3) is 2.93. The lowest BCUT2D eigenvalue weighted by Crippen LogP contribution is -2.25. The molecule has 0 radical (unpaired) electrons. The maximum Gasteiger partial charge on any atom is 0.245 e. The van der Waals surface area contributed by atoms with Crippen LogP contribution in [0.3, 0.4) is 0 Å². The summed E-state index contributed by atoms with van der Waals surface area (Å²) in [5.74, 6) is 0.0292. The Morgan fingerprint density at radius 2 is 2.27 bits per heavy atom. The van der Waals surface area contributed by atoms with Crippen LogP contribution < -0.4 is 10.5 Å². The Morgan fingerprint density at radius 3 is 2.73 bits per heavy atom. The molecule has 86 valence electrons. The summed E-state index contributed by atoms with van der Waals surface area (Å²) >= 11 is 0. The maximum absolute atomic E-state index is 11.7. The Morgan fingerprint density at radius 1 is 1.60 bits per heavy atom. The highest BCUT2D eigenvalue weighted by Gasteiger charge is 2.19. The molecular weight excluding hydrogens is 216 g/mol. The minimum Gasteiger partial charge on any atom is -0.381 e. The lowest BCUT2D eigenvalue weighted by molar-refractivity contribution is 0.578. The van der Waals surface area contributed by atoms with Gasteiger partial charge in [0, 0.05) is 19.8 Å². The van der Waals surface area contributed by atoms with Crippen molar-refractivity contribution in [1.29, 1.82) is 0 Å². The second-order valence-corrected chi connectivity index (χ2v) is 5.04. The maximum atomic E-state index is 11.7. The van der Waals surface area contributed by atoms with Gasteiger partial charge in [-0.05, 0) is 6.42 Å². The molecule has 0 bridgehead atoms. The first kappa shape index (κ1) is 12.0. The Balaban J connectivity index is 2.82. The van der Waals surface area contributed by atoms with Crippen LogP contribution in [-0.2, 0) is 17.1 Å². The topological polar surface area (TPSA) is 90.0 Å². The van der Waals surface area contributed by atoms with Gasteiger partial charge < -0.3 is 5.73 Å². The lowest BCUT2D eigenvalue weighted by atomic mass is 10.3. The van der Waals surface area contributed by atoms with E-state index >= 15 is 0 Å². The minimum absolute atomic E-state index is 0.0292. The van der Waals surface area contributed by atoms with Crippen molar-refractivity contribution in [3.8, 4) is 0 Å². The highest BCUT2D eigenvalue weighted by Crippen LogP contribution is 2.14. The number of aromatic nitrogens is 2. The Hall–Kier alpha value is -1.08. The van der Waals surface area contributed by atoms with Gasteiger partial charge in [-0.2, -0.15) is 5.10 Å². The number of nitrogens with zero attached hydrogens (tertiary/aromatic N) is 2. The van der Waals surface area contributed by atoms with Gasteiger partial charge in [-0.1, -0.05) is 13.3 Å². The monoisotopic (exact) mass is 232 g/mol. The Kier molecular flexibility index (Phi) is 3.70. The first-order valence-corrected chi connectivity index (χ1v) is 6.24. The fourth-order valence-electron chi connectivity index (χ4n) is 1.15. The van der Waals surface area contributed by atoms with E-state index in [-0.39, 0.29) is 10.7 Å². The molecule has 1 rings (SSSR count). The number of nitrogens with two attached hydrogens (primary N) is 1. The smallest absolute Gasteiger partial charge is 0.245 e. The minimum atomic E-state index is -3.50. The molecule has 1 aromatic rings. The zero-order chi connectivity index (χ0) is 11.5. The van der Waals surface area contributed by atoms with Crippen molar-refractivity contribution in [2.75, 3.05) is 12.3 Å². The molecule has 0 aliphatic heterocycles. The average molecular weight is 232 g/mol. The largest absolute Gasteiger partial charge is 0.381 e. The number of anilines is 1. The van der Waals surface area contributed by atoms with Crippen LogP contribution in [-0.4, -0.2) is 24.7 Å². The average Bonchev–Trinajstić information content (AvgIpc) is 2.46. The zero-order valence-electron chi connectivity index (χ0n) is 8.90. The highest BCUT2D eigenvalue weighted by atomic mass is 32.2. The van der Waals surface area contributed by atoms with Gasteiger partial charge in [-0.25, -0.2) is 13.1 Å². The molecule has 1 aromatic heterocycles. The summed E-state index contributed by atoms with van der Waals surface area (Å²) in [6.07, 6.45) is 3.13. The molecule has 7 heteroatoms. The summed E-state index contributed by atoms with van der Waals surface area (Å²) in [4.78, 5) is 0.0427. The number of rotatable bonds is 5. The second-order valence-electron chi connectivity index (χ2n) is 3.30. The van der Waals surface area contributed by atoms with E-state index in [2.05, 4.69) is 9.82 Å². The van der Waals surface area contributed by atoms with Crippen molar-refractivity contribution in [3.05, 3.63) is 6.20 Å². The molecule has 0 amide bonds. The van der Waals surface area contributed by atoms with E-state index < -0.39 is 10.0 Å². The van der Waals surface area contributed by atoms with Crippen molar-refractivity contribution in [1.82, 2.24) is 14.5 Å². The van der Waals surface area contributed by atoms with Gasteiger partial charge in [0.2, 0.25) is 10.0 Å². The van der Waals surface area contributed by atoms with E-state index in [1.807, 2.05) is 6.92 Å². The van der Waals surface area contributed by atoms with Crippen molar-refractivity contribution in [2.45, 2.75) is 24.7 Å². The van der Waals surface area contributed by atoms with Crippen LogP contribution in [0.5, 0.6) is 0 Å². The summed E-state index contributed by atoms with van der Waals surface area (Å²) in [5.41, 5.74) is 5.48. The van der Waals surface area contributed by atoms with E-state index in [4.69, 9.17) is 5.73 Å². The molecule has 6 nitrogen and oxygen atoms in total. The van der Waals surface area contributed by atoms with Crippen molar-refractivity contribution >= 4 is 15.8 Å². The number of hydrogen-bond donors (Lipinski definition) is 2. The number of hydrogen-bond acceptors (Lipinski definition) is 4. The fraction of sp³-hybridized carbons (Fsp3) is 0.625. The van der Waals surface area contributed by atoms with Gasteiger partial charge in [0.05, 0.1) is 0 Å². The standard InChI is InChI=1S/C8H16N4O2S/c1-3-4-5-10-15(13,14)7-6-12(2)11-8(7)9/h6,10H,3-5H2,1-2H3,(H2,9,11). The van der Waals surface area contributed by atoms with Crippen LogP contribution in [0, 0.1) is 0 Å². The SMILES string of the molecule is CCCCNS(=O)(=O)c1cn(C)nc1N. The van der Waals surface area contributed by atoms with Gasteiger partial charge in [0.15, 0.2) is 5.82 Å². The normalized spacial score (nSPS) is 11.9. The van der Waals surface area contributed by atoms with E-state index in [1.165, 1.54) is 10.9 Å². The summed E-state index contributed by atoms with van der Waals surface area (Å²) < 4.78 is 27.2. The molecule has 0 saturated carbocycles. The molecule has 0 fully saturated rings. The third-order valence-electron chi connectivity index (χ3n) is 1.93. The number of sulfonamides is 1. The molecule has 15 heavy (non-hydrogen) atoms. The summed E-state index contributed by atoms with van der Waals surface area (Å²) in [7, 11) is -1.87. The van der Waals surface area contributed by atoms with Gasteiger partial charge >= 0.3 is 0 Å². The quantitative estimate of drug-likeness (QED) is 0.703. The van der Waals surface area contributed by atoms with Crippen LogP contribution >= 0.6 is 0 Å². The number of nitrogens with one attached hydrogen (secondary N) is 1. The van der Waals surface area contributed by atoms with Crippen molar-refractivity contribution in [3.63, 3.8) is 0 Å². The van der Waals surface area contributed by atoms with E-state index in [0.717, 1.165) is 12.8 Å². The second kappa shape index (κ2) is 4.63. The predicted molar refractivity (Wildman–Crippen MR) is 57.7 cm³/mol. The van der Waals surface area contributed by atoms with Crippen molar-refractivity contribution < 1.29 is 8.42 Å². The fourth-order valence-corrected chi connectivity index (χ4v) is 2.33. The van der Waals surface area contributed by atoms with Crippen molar-refractivity contribution in [2.24, 2.45) is 7.05 Å². The number of unbranched alkanes of at least 4 members (excludes halogenated alkanes) is 1. The van der Waals surface area contributed by atoms with Gasteiger partial charge in [0.1, 0.15) is 4.90 Å². The van der Waals surface area contributed by atoms with E-state index in [1.54, 1.807) is 7.05 Å². The lowest BCUT2D eigenvalue weighted by Gasteiger charge is -2.03. The molecule has 0 aromatic carbocycles. The van der Waals surface area contributed by atoms with Crippen LogP contribution in [0.4, 0.5) is 5.82 Å². The van der Waals surface area contributed by atoms with Gasteiger partial charge in [-0.15, -0.1) is 0 Å². The van der Waals surface area contributed by atoms with E-state index in [0.29, 0.717) is 6.54 Å². The highest BCUT2D eigenvalue weighted by molar-refractivity contribution is 7.89. The Bertz CT molecular complexity index is 424. The molecule has 1 heterocycles. The van der Waals surface area contributed by atoms with Crippen LogP contribution in [0.1, 0.15) is 19.8 Å². The molecule has 0 aliphatic rings. The number of nitrogen functional groups attached to an aromatic ring is 1.